The first kappa shape index (κ1) is 15.9. The predicted octanol–water partition coefficient (Wildman–Crippen LogP) is 1.11. The van der Waals surface area contributed by atoms with Gasteiger partial charge in [0.15, 0.2) is 0 Å². The van der Waals surface area contributed by atoms with Crippen LogP contribution in [0.2, 0.25) is 0 Å². The van der Waals surface area contributed by atoms with Crippen LogP contribution < -0.4 is 10.6 Å². The number of aryl methyl sites for hydroxylation is 1. The topological polar surface area (TPSA) is 78.5 Å². The van der Waals surface area contributed by atoms with Gasteiger partial charge < -0.3 is 15.5 Å². The van der Waals surface area contributed by atoms with E-state index in [-0.39, 0.29) is 17.7 Å². The van der Waals surface area contributed by atoms with Crippen LogP contribution >= 0.6 is 11.8 Å². The van der Waals surface area contributed by atoms with Crippen molar-refractivity contribution in [1.82, 2.24) is 10.2 Å². The Balaban J connectivity index is 1.68. The molecule has 122 valence electrons. The number of carbonyl (C=O) groups is 3. The third kappa shape index (κ3) is 3.34. The number of rotatable bonds is 3. The maximum absolute atomic E-state index is 12.6. The van der Waals surface area contributed by atoms with Crippen molar-refractivity contribution in [3.8, 4) is 0 Å². The second kappa shape index (κ2) is 6.62. The Kier molecular flexibility index (Phi) is 4.56. The number of thioether (sulfide) groups is 1. The summed E-state index contributed by atoms with van der Waals surface area (Å²) in [6.07, 6.45) is 0.877. The largest absolute Gasteiger partial charge is 0.344 e. The van der Waals surface area contributed by atoms with Crippen LogP contribution in [0, 0.1) is 6.92 Å². The van der Waals surface area contributed by atoms with Gasteiger partial charge in [0.05, 0.1) is 5.88 Å². The summed E-state index contributed by atoms with van der Waals surface area (Å²) >= 11 is 1.55. The van der Waals surface area contributed by atoms with Gasteiger partial charge in [-0.3, -0.25) is 14.4 Å². The smallest absolute Gasteiger partial charge is 0.248 e. The molecule has 2 N–H and O–H groups in total. The SMILES string of the molecule is Cc1ccccc1NC(=O)[C@H]1CSCN1C(=O)[C@@H]1CCC(=O)N1. The first-order valence-electron chi connectivity index (χ1n) is 7.60. The van der Waals surface area contributed by atoms with E-state index in [1.807, 2.05) is 31.2 Å². The molecule has 2 atom stereocenters. The van der Waals surface area contributed by atoms with Crippen LogP contribution in [-0.2, 0) is 14.4 Å². The van der Waals surface area contributed by atoms with Crippen LogP contribution in [0.4, 0.5) is 5.69 Å². The van der Waals surface area contributed by atoms with Gasteiger partial charge in [0.1, 0.15) is 12.1 Å². The van der Waals surface area contributed by atoms with Gasteiger partial charge in [-0.15, -0.1) is 11.8 Å². The van der Waals surface area contributed by atoms with Gasteiger partial charge in [0.25, 0.3) is 0 Å². The van der Waals surface area contributed by atoms with Crippen molar-refractivity contribution in [3.05, 3.63) is 29.8 Å². The summed E-state index contributed by atoms with van der Waals surface area (Å²) in [5.41, 5.74) is 1.74. The van der Waals surface area contributed by atoms with Gasteiger partial charge >= 0.3 is 0 Å². The van der Waals surface area contributed by atoms with Gasteiger partial charge in [-0.25, -0.2) is 0 Å². The van der Waals surface area contributed by atoms with E-state index in [1.54, 1.807) is 16.7 Å². The number of para-hydroxylation sites is 1. The van der Waals surface area contributed by atoms with Crippen LogP contribution in [0.25, 0.3) is 0 Å². The standard InChI is InChI=1S/C16H19N3O3S/c1-10-4-2-3-5-11(10)18-15(21)13-8-23-9-19(13)16(22)12-6-7-14(20)17-12/h2-5,12-13H,6-9H2,1H3,(H,17,20)(H,18,21)/t12-,13+/m0/s1. The third-order valence-corrected chi connectivity index (χ3v) is 5.18. The second-order valence-corrected chi connectivity index (χ2v) is 6.79. The van der Waals surface area contributed by atoms with Crippen molar-refractivity contribution < 1.29 is 14.4 Å². The molecule has 2 heterocycles. The zero-order chi connectivity index (χ0) is 16.4. The van der Waals surface area contributed by atoms with Crippen molar-refractivity contribution in [2.24, 2.45) is 0 Å². The molecule has 23 heavy (non-hydrogen) atoms. The molecule has 0 unspecified atom stereocenters. The third-order valence-electron chi connectivity index (χ3n) is 4.16. The van der Waals surface area contributed by atoms with Gasteiger partial charge in [0.2, 0.25) is 17.7 Å². The fourth-order valence-corrected chi connectivity index (χ4v) is 3.97. The van der Waals surface area contributed by atoms with E-state index in [0.29, 0.717) is 24.5 Å². The molecule has 2 aliphatic rings. The Morgan fingerprint density at radius 1 is 1.35 bits per heavy atom. The highest BCUT2D eigenvalue weighted by molar-refractivity contribution is 7.99. The number of benzene rings is 1. The Bertz CT molecular complexity index is 649. The summed E-state index contributed by atoms with van der Waals surface area (Å²) < 4.78 is 0. The van der Waals surface area contributed by atoms with E-state index in [1.165, 1.54) is 0 Å². The highest BCUT2D eigenvalue weighted by atomic mass is 32.2. The summed E-state index contributed by atoms with van der Waals surface area (Å²) in [5, 5.41) is 5.58. The minimum atomic E-state index is -0.496. The second-order valence-electron chi connectivity index (χ2n) is 5.79. The van der Waals surface area contributed by atoms with Crippen molar-refractivity contribution >= 4 is 35.2 Å². The van der Waals surface area contributed by atoms with Gasteiger partial charge in [-0.05, 0) is 25.0 Å². The molecule has 2 saturated heterocycles. The zero-order valence-electron chi connectivity index (χ0n) is 12.9. The molecule has 0 spiro atoms. The van der Waals surface area contributed by atoms with Gasteiger partial charge in [-0.1, -0.05) is 18.2 Å². The number of nitrogens with one attached hydrogen (secondary N) is 2. The molecule has 1 aromatic carbocycles. The van der Waals surface area contributed by atoms with Crippen molar-refractivity contribution in [3.63, 3.8) is 0 Å². The number of nitrogens with zero attached hydrogens (tertiary/aromatic N) is 1. The zero-order valence-corrected chi connectivity index (χ0v) is 13.7. The monoisotopic (exact) mass is 333 g/mol. The first-order chi connectivity index (χ1) is 11.1. The van der Waals surface area contributed by atoms with E-state index in [2.05, 4.69) is 10.6 Å². The number of carbonyl (C=O) groups excluding carboxylic acids is 3. The van der Waals surface area contributed by atoms with E-state index >= 15 is 0 Å². The summed E-state index contributed by atoms with van der Waals surface area (Å²) in [5.74, 6) is 0.616. The quantitative estimate of drug-likeness (QED) is 0.869. The molecule has 3 rings (SSSR count). The van der Waals surface area contributed by atoms with Crippen molar-refractivity contribution in [2.45, 2.75) is 31.8 Å². The lowest BCUT2D eigenvalue weighted by Crippen LogP contribution is -2.50. The average Bonchev–Trinajstić information content (AvgIpc) is 3.17. The minimum absolute atomic E-state index is 0.101. The maximum atomic E-state index is 12.6. The van der Waals surface area contributed by atoms with Crippen LogP contribution in [0.5, 0.6) is 0 Å². The molecule has 6 nitrogen and oxygen atoms in total. The molecule has 7 heteroatoms. The first-order valence-corrected chi connectivity index (χ1v) is 8.76. The minimum Gasteiger partial charge on any atom is -0.344 e. The van der Waals surface area contributed by atoms with Crippen LogP contribution in [0.1, 0.15) is 18.4 Å². The molecular weight excluding hydrogens is 314 g/mol. The number of amides is 3. The molecule has 0 radical (unpaired) electrons. The lowest BCUT2D eigenvalue weighted by Gasteiger charge is -2.26. The molecule has 2 aliphatic heterocycles. The molecule has 0 aromatic heterocycles. The average molecular weight is 333 g/mol. The molecular formula is C16H19N3O3S. The summed E-state index contributed by atoms with van der Waals surface area (Å²) in [6, 6.07) is 6.56. The molecule has 0 saturated carbocycles. The predicted molar refractivity (Wildman–Crippen MR) is 88.9 cm³/mol. The lowest BCUT2D eigenvalue weighted by atomic mass is 10.1. The summed E-state index contributed by atoms with van der Waals surface area (Å²) in [4.78, 5) is 38.0. The Labute approximate surface area is 139 Å². The summed E-state index contributed by atoms with van der Waals surface area (Å²) in [7, 11) is 0. The van der Waals surface area contributed by atoms with Gasteiger partial charge in [-0.2, -0.15) is 0 Å². The van der Waals surface area contributed by atoms with Crippen molar-refractivity contribution in [2.75, 3.05) is 16.9 Å². The Morgan fingerprint density at radius 3 is 2.83 bits per heavy atom. The molecule has 0 bridgehead atoms. The number of hydrogen-bond acceptors (Lipinski definition) is 4. The van der Waals surface area contributed by atoms with E-state index in [4.69, 9.17) is 0 Å². The normalized spacial score (nSPS) is 23.7. The highest BCUT2D eigenvalue weighted by Gasteiger charge is 2.39. The fourth-order valence-electron chi connectivity index (χ4n) is 2.81. The summed E-state index contributed by atoms with van der Waals surface area (Å²) in [6.45, 7) is 1.93. The van der Waals surface area contributed by atoms with Gasteiger partial charge in [0, 0.05) is 17.9 Å². The van der Waals surface area contributed by atoms with E-state index in [9.17, 15) is 14.4 Å². The Morgan fingerprint density at radius 2 is 2.13 bits per heavy atom. The lowest BCUT2D eigenvalue weighted by molar-refractivity contribution is -0.138. The molecule has 1 aromatic rings. The molecule has 3 amide bonds. The van der Waals surface area contributed by atoms with Crippen molar-refractivity contribution in [1.29, 1.82) is 0 Å². The van der Waals surface area contributed by atoms with Crippen LogP contribution in [0.15, 0.2) is 24.3 Å². The molecule has 2 fully saturated rings. The fraction of sp³-hybridized carbons (Fsp3) is 0.438. The molecule has 0 aliphatic carbocycles. The maximum Gasteiger partial charge on any atom is 0.248 e. The highest BCUT2D eigenvalue weighted by Crippen LogP contribution is 2.25. The number of hydrogen-bond donors (Lipinski definition) is 2. The number of anilines is 1. The van der Waals surface area contributed by atoms with E-state index < -0.39 is 12.1 Å². The van der Waals surface area contributed by atoms with E-state index in [0.717, 1.165) is 11.3 Å². The van der Waals surface area contributed by atoms with Crippen LogP contribution in [0.3, 0.4) is 0 Å². The van der Waals surface area contributed by atoms with Crippen LogP contribution in [-0.4, -0.2) is 46.3 Å². The Hall–Kier alpha value is -2.02.